The van der Waals surface area contributed by atoms with Crippen LogP contribution >= 0.6 is 0 Å². The van der Waals surface area contributed by atoms with E-state index in [-0.39, 0.29) is 17.1 Å². The van der Waals surface area contributed by atoms with E-state index in [0.29, 0.717) is 5.69 Å². The zero-order valence-corrected chi connectivity index (χ0v) is 14.5. The highest BCUT2D eigenvalue weighted by molar-refractivity contribution is 6.01. The highest BCUT2D eigenvalue weighted by Crippen LogP contribution is 2.42. The van der Waals surface area contributed by atoms with Gasteiger partial charge in [-0.05, 0) is 24.0 Å². The van der Waals surface area contributed by atoms with E-state index in [4.69, 9.17) is 0 Å². The predicted molar refractivity (Wildman–Crippen MR) is 102 cm³/mol. The van der Waals surface area contributed by atoms with Crippen molar-refractivity contribution in [3.63, 3.8) is 0 Å². The van der Waals surface area contributed by atoms with Crippen LogP contribution < -0.4 is 0 Å². The molecule has 1 N–H and O–H groups in total. The van der Waals surface area contributed by atoms with E-state index in [1.54, 1.807) is 0 Å². The molecule has 1 saturated carbocycles. The number of rotatable bonds is 4. The molecule has 1 heterocycles. The molecule has 0 spiro atoms. The van der Waals surface area contributed by atoms with Crippen molar-refractivity contribution in [2.24, 2.45) is 5.92 Å². The molecule has 0 bridgehead atoms. The Morgan fingerprint density at radius 1 is 0.962 bits per heavy atom. The quantitative estimate of drug-likeness (QED) is 0.708. The minimum absolute atomic E-state index is 0.186. The molecule has 2 aliphatic carbocycles. The van der Waals surface area contributed by atoms with Gasteiger partial charge >= 0.3 is 0 Å². The summed E-state index contributed by atoms with van der Waals surface area (Å²) in [5.41, 5.74) is 4.89. The van der Waals surface area contributed by atoms with Gasteiger partial charge < -0.3 is 0 Å². The molecule has 5 rings (SSSR count). The molecule has 2 aliphatic rings. The van der Waals surface area contributed by atoms with E-state index in [2.05, 4.69) is 70.9 Å². The van der Waals surface area contributed by atoms with Crippen LogP contribution in [0.15, 0.2) is 66.7 Å². The first-order chi connectivity index (χ1) is 12.8. The smallest absolute Gasteiger partial charge is 0.186 e. The van der Waals surface area contributed by atoms with Gasteiger partial charge in [-0.2, -0.15) is 5.10 Å². The topological polar surface area (TPSA) is 45.8 Å². The Bertz CT molecular complexity index is 942. The molecule has 0 saturated heterocycles. The second-order valence-electron chi connectivity index (χ2n) is 7.32. The molecule has 26 heavy (non-hydrogen) atoms. The van der Waals surface area contributed by atoms with Gasteiger partial charge in [-0.1, -0.05) is 72.8 Å². The van der Waals surface area contributed by atoms with Gasteiger partial charge in [0, 0.05) is 29.0 Å². The average Bonchev–Trinajstić information content (AvgIpc) is 3.48. The van der Waals surface area contributed by atoms with Gasteiger partial charge in [0.15, 0.2) is 5.78 Å². The van der Waals surface area contributed by atoms with E-state index < -0.39 is 0 Å². The summed E-state index contributed by atoms with van der Waals surface area (Å²) >= 11 is 0. The molecule has 0 atom stereocenters. The van der Waals surface area contributed by atoms with E-state index in [0.717, 1.165) is 30.5 Å². The zero-order chi connectivity index (χ0) is 17.6. The van der Waals surface area contributed by atoms with Crippen LogP contribution in [0.1, 0.15) is 45.7 Å². The van der Waals surface area contributed by atoms with Crippen LogP contribution in [0.4, 0.5) is 0 Å². The molecule has 0 radical (unpaired) electrons. The molecule has 2 aromatic carbocycles. The Labute approximate surface area is 152 Å². The molecular weight excluding hydrogens is 320 g/mol. The third-order valence-corrected chi connectivity index (χ3v) is 5.63. The van der Waals surface area contributed by atoms with Crippen LogP contribution in [0.3, 0.4) is 0 Å². The summed E-state index contributed by atoms with van der Waals surface area (Å²) in [5, 5.41) is 7.55. The maximum absolute atomic E-state index is 12.5. The highest BCUT2D eigenvalue weighted by Gasteiger charge is 2.39. The van der Waals surface area contributed by atoms with Crippen molar-refractivity contribution in [3.8, 4) is 0 Å². The number of benzene rings is 2. The number of hydrogen-bond donors (Lipinski definition) is 1. The molecule has 128 valence electrons. The number of carbonyl (C=O) groups excluding carboxylic acids is 1. The number of aromatic amines is 1. The number of H-pyrrole nitrogens is 1. The molecule has 3 nitrogen and oxygen atoms in total. The molecule has 3 aromatic rings. The van der Waals surface area contributed by atoms with Crippen molar-refractivity contribution in [2.45, 2.75) is 24.7 Å². The van der Waals surface area contributed by atoms with Crippen molar-refractivity contribution in [2.75, 3.05) is 0 Å². The Balaban J connectivity index is 1.63. The van der Waals surface area contributed by atoms with E-state index >= 15 is 0 Å². The first-order valence-corrected chi connectivity index (χ1v) is 9.20. The van der Waals surface area contributed by atoms with Gasteiger partial charge in [0.2, 0.25) is 0 Å². The van der Waals surface area contributed by atoms with E-state index in [9.17, 15) is 4.79 Å². The lowest BCUT2D eigenvalue weighted by atomic mass is 9.68. The van der Waals surface area contributed by atoms with Gasteiger partial charge in [0.25, 0.3) is 0 Å². The zero-order valence-electron chi connectivity index (χ0n) is 14.5. The second-order valence-corrected chi connectivity index (χ2v) is 7.32. The molecule has 3 heteroatoms. The normalized spacial score (nSPS) is 17.7. The maximum atomic E-state index is 12.5. The minimum atomic E-state index is -0.248. The number of allylic oxidation sites excluding steroid dienone is 1. The number of nitrogens with one attached hydrogen (secondary N) is 1. The average molecular weight is 340 g/mol. The Morgan fingerprint density at radius 3 is 2.15 bits per heavy atom. The van der Waals surface area contributed by atoms with Crippen LogP contribution in [0.5, 0.6) is 0 Å². The van der Waals surface area contributed by atoms with Crippen molar-refractivity contribution in [3.05, 3.63) is 94.8 Å². The monoisotopic (exact) mass is 340 g/mol. The number of carbonyl (C=O) groups is 1. The highest BCUT2D eigenvalue weighted by atomic mass is 16.1. The van der Waals surface area contributed by atoms with Crippen LogP contribution in [0.25, 0.3) is 6.08 Å². The maximum Gasteiger partial charge on any atom is 0.186 e. The van der Waals surface area contributed by atoms with Crippen molar-refractivity contribution >= 4 is 11.9 Å². The van der Waals surface area contributed by atoms with Gasteiger partial charge in [0.05, 0.1) is 0 Å². The minimum Gasteiger partial charge on any atom is -0.292 e. The molecule has 0 unspecified atom stereocenters. The van der Waals surface area contributed by atoms with Crippen molar-refractivity contribution in [1.29, 1.82) is 0 Å². The van der Waals surface area contributed by atoms with Gasteiger partial charge in [-0.3, -0.25) is 9.89 Å². The number of aromatic nitrogens is 2. The van der Waals surface area contributed by atoms with E-state index in [1.807, 2.05) is 12.1 Å². The number of fused-ring (bicyclic) bond motifs is 1. The summed E-state index contributed by atoms with van der Waals surface area (Å²) in [6.45, 7) is 0. The third kappa shape index (κ3) is 2.35. The fourth-order valence-corrected chi connectivity index (χ4v) is 4.03. The van der Waals surface area contributed by atoms with Crippen molar-refractivity contribution in [1.82, 2.24) is 10.2 Å². The lowest BCUT2D eigenvalue weighted by Crippen LogP contribution is -2.30. The molecule has 1 aromatic heterocycles. The summed E-state index contributed by atoms with van der Waals surface area (Å²) in [4.78, 5) is 12.5. The Morgan fingerprint density at radius 2 is 1.58 bits per heavy atom. The Kier molecular flexibility index (Phi) is 3.42. The standard InChI is InChI=1S/C23H20N2O/c26-22(16-11-12-16)21-19-13-14-23(15-20(19)24-25-21,17-7-3-1-4-8-17)18-9-5-2-6-10-18/h1-10,13-14,16H,11-12,15H2,(H,24,25). The largest absolute Gasteiger partial charge is 0.292 e. The number of ketones is 1. The van der Waals surface area contributed by atoms with Gasteiger partial charge in [0.1, 0.15) is 5.69 Å². The summed E-state index contributed by atoms with van der Waals surface area (Å²) in [6, 6.07) is 21.1. The summed E-state index contributed by atoms with van der Waals surface area (Å²) in [5.74, 6) is 0.379. The lowest BCUT2D eigenvalue weighted by molar-refractivity contribution is 0.0962. The Hall–Kier alpha value is -2.94. The number of nitrogens with zero attached hydrogens (tertiary/aromatic N) is 1. The summed E-state index contributed by atoms with van der Waals surface area (Å²) in [6.07, 6.45) is 7.12. The second kappa shape index (κ2) is 5.80. The SMILES string of the molecule is O=C(c1n[nH]c2c1C=CC(c1ccccc1)(c1ccccc1)C2)C1CC1. The van der Waals surface area contributed by atoms with Gasteiger partial charge in [-0.25, -0.2) is 0 Å². The van der Waals surface area contributed by atoms with Crippen LogP contribution in [0.2, 0.25) is 0 Å². The summed E-state index contributed by atoms with van der Waals surface area (Å²) in [7, 11) is 0. The van der Waals surface area contributed by atoms with Crippen LogP contribution in [-0.4, -0.2) is 16.0 Å². The fraction of sp³-hybridized carbons (Fsp3) is 0.217. The lowest BCUT2D eigenvalue weighted by Gasteiger charge is -2.34. The first-order valence-electron chi connectivity index (χ1n) is 9.20. The number of Topliss-reactive ketones (excluding diaryl/α,β-unsaturated/α-hetero) is 1. The summed E-state index contributed by atoms with van der Waals surface area (Å²) < 4.78 is 0. The van der Waals surface area contributed by atoms with E-state index in [1.165, 1.54) is 11.1 Å². The predicted octanol–water partition coefficient (Wildman–Crippen LogP) is 4.56. The molecule has 0 aliphatic heterocycles. The fourth-order valence-electron chi connectivity index (χ4n) is 4.03. The molecule has 0 amide bonds. The number of hydrogen-bond acceptors (Lipinski definition) is 2. The molecule has 1 fully saturated rings. The molecular formula is C23H20N2O. The van der Waals surface area contributed by atoms with Crippen LogP contribution in [-0.2, 0) is 11.8 Å². The third-order valence-electron chi connectivity index (χ3n) is 5.63. The van der Waals surface area contributed by atoms with Crippen LogP contribution in [0, 0.1) is 5.92 Å². The van der Waals surface area contributed by atoms with Crippen molar-refractivity contribution < 1.29 is 4.79 Å². The first kappa shape index (κ1) is 15.3. The van der Waals surface area contributed by atoms with Gasteiger partial charge in [-0.15, -0.1) is 0 Å².